The number of oxazole rings is 1. The van der Waals surface area contributed by atoms with Gasteiger partial charge >= 0.3 is 35.5 Å². The summed E-state index contributed by atoms with van der Waals surface area (Å²) >= 11 is 0. The van der Waals surface area contributed by atoms with E-state index in [0.29, 0.717) is 18.5 Å². The number of fused-ring (bicyclic) bond motifs is 2. The Morgan fingerprint density at radius 2 is 1.77 bits per heavy atom. The van der Waals surface area contributed by atoms with Crippen LogP contribution in [0.1, 0.15) is 32.1 Å². The Morgan fingerprint density at radius 3 is 2.48 bits per heavy atom. The molecule has 1 N–H and O–H groups in total. The van der Waals surface area contributed by atoms with Gasteiger partial charge in [-0.25, -0.2) is 21.8 Å². The molecule has 12 nitrogen and oxygen atoms in total. The quantitative estimate of drug-likeness (QED) is 0.0925. The first-order chi connectivity index (χ1) is 18.4. The van der Waals surface area contributed by atoms with Crippen LogP contribution in [0.2, 0.25) is 0 Å². The Balaban J connectivity index is 0.00000441. The van der Waals surface area contributed by atoms with E-state index in [4.69, 9.17) is 14.3 Å². The number of unbranched alkanes of at least 4 members (excludes halogenated alkanes) is 2. The normalized spacial score (nSPS) is 11.9. The average Bonchev–Trinajstić information content (AvgIpc) is 3.27. The van der Waals surface area contributed by atoms with E-state index in [1.165, 1.54) is 6.07 Å². The number of aromatic nitrogens is 2. The van der Waals surface area contributed by atoms with Crippen molar-refractivity contribution in [1.82, 2.24) is 4.98 Å². The van der Waals surface area contributed by atoms with Gasteiger partial charge in [-0.3, -0.25) is 4.79 Å². The third-order valence-corrected chi connectivity index (χ3v) is 7.61. The molecule has 2 aromatic heterocycles. The molecule has 0 saturated heterocycles. The summed E-state index contributed by atoms with van der Waals surface area (Å²) in [6.45, 7) is 0.364. The fraction of sp³-hybridized carbons (Fsp3) is 0.320. The molecule has 15 heteroatoms. The van der Waals surface area contributed by atoms with Gasteiger partial charge in [-0.15, -0.1) is 0 Å². The van der Waals surface area contributed by atoms with Crippen LogP contribution in [0, 0.1) is 0 Å². The minimum absolute atomic E-state index is 0. The largest absolute Gasteiger partial charge is 1.00 e. The smallest absolute Gasteiger partial charge is 0.748 e. The molecule has 2 heterocycles. The molecule has 4 rings (SSSR count). The van der Waals surface area contributed by atoms with Gasteiger partial charge in [0.1, 0.15) is 27.9 Å². The maximum absolute atomic E-state index is 11.9. The molecule has 40 heavy (non-hydrogen) atoms. The molecule has 0 spiro atoms. The number of benzene rings is 2. The second-order valence-corrected chi connectivity index (χ2v) is 11.7. The molecule has 208 valence electrons. The van der Waals surface area contributed by atoms with Gasteiger partial charge in [-0.1, -0.05) is 12.1 Å². The summed E-state index contributed by atoms with van der Waals surface area (Å²) < 4.78 is 81.3. The van der Waals surface area contributed by atoms with Crippen molar-refractivity contribution >= 4 is 48.2 Å². The van der Waals surface area contributed by atoms with Crippen LogP contribution >= 0.6 is 0 Å². The Bertz CT molecular complexity index is 1740. The third kappa shape index (κ3) is 8.22. The molecule has 0 aliphatic rings. The van der Waals surface area contributed by atoms with E-state index < -0.39 is 36.9 Å². The molecule has 0 amide bonds. The second-order valence-electron chi connectivity index (χ2n) is 8.85. The zero-order valence-electron chi connectivity index (χ0n) is 21.6. The van der Waals surface area contributed by atoms with E-state index in [9.17, 15) is 30.7 Å². The van der Waals surface area contributed by atoms with E-state index in [0.717, 1.165) is 29.8 Å². The van der Waals surface area contributed by atoms with E-state index >= 15 is 0 Å². The standard InChI is InChI=1S/C25H26N2O10S2.Na/c28-24(29)9-2-1-5-11-27-12-10-18(17-7-3-4-8-20(17)27)25-26-19-15-23(39(33,34)35)22(16-21(19)37-25)36-13-6-14-38(30,31)32;/h3-4,7-8,10,12,15-16H,1-2,5-6,9,11,13-14H2,(H2-,28,29,30,31,32,33,34,35);/q;+1/p-1. The van der Waals surface area contributed by atoms with Gasteiger partial charge in [-0.2, -0.15) is 4.57 Å². The van der Waals surface area contributed by atoms with Crippen molar-refractivity contribution in [2.75, 3.05) is 12.4 Å². The van der Waals surface area contributed by atoms with Crippen molar-refractivity contribution < 1.29 is 79.1 Å². The predicted octanol–water partition coefficient (Wildman–Crippen LogP) is -0.197. The van der Waals surface area contributed by atoms with Gasteiger partial charge in [0.25, 0.3) is 0 Å². The Hall–Kier alpha value is -2.59. The van der Waals surface area contributed by atoms with Gasteiger partial charge in [-0.05, 0) is 31.4 Å². The zero-order valence-corrected chi connectivity index (χ0v) is 25.2. The summed E-state index contributed by atoms with van der Waals surface area (Å²) in [5.41, 5.74) is 1.76. The number of aryl methyl sites for hydroxylation is 1. The number of nitrogens with zero attached hydrogens (tertiary/aromatic N) is 2. The predicted molar refractivity (Wildman–Crippen MR) is 136 cm³/mol. The van der Waals surface area contributed by atoms with Crippen LogP contribution in [-0.2, 0) is 31.6 Å². The molecule has 0 saturated carbocycles. The number of carboxylic acid groups (broad SMARTS) is 1. The number of ether oxygens (including phenoxy) is 1. The molecule has 0 radical (unpaired) electrons. The Labute approximate surface area is 252 Å². The molecule has 4 aromatic rings. The van der Waals surface area contributed by atoms with E-state index in [1.807, 2.05) is 35.0 Å². The molecule has 2 aromatic carbocycles. The van der Waals surface area contributed by atoms with E-state index in [-0.39, 0.29) is 71.7 Å². The summed E-state index contributed by atoms with van der Waals surface area (Å²) in [5, 5.41) is 9.61. The Morgan fingerprint density at radius 1 is 1.02 bits per heavy atom. The van der Waals surface area contributed by atoms with Crippen molar-refractivity contribution in [2.45, 2.75) is 43.5 Å². The van der Waals surface area contributed by atoms with Crippen LogP contribution in [0.3, 0.4) is 0 Å². The minimum atomic E-state index is -4.98. The maximum atomic E-state index is 11.9. The summed E-state index contributed by atoms with van der Waals surface area (Å²) in [6, 6.07) is 11.6. The van der Waals surface area contributed by atoms with Crippen LogP contribution in [0.5, 0.6) is 5.75 Å². The van der Waals surface area contributed by atoms with Crippen LogP contribution in [0.25, 0.3) is 33.5 Å². The first-order valence-electron chi connectivity index (χ1n) is 12.0. The van der Waals surface area contributed by atoms with Crippen LogP contribution in [-0.4, -0.2) is 54.4 Å². The number of carbonyl (C=O) groups is 1. The number of carboxylic acids is 1. The summed E-state index contributed by atoms with van der Waals surface area (Å²) in [5.74, 6) is -1.67. The first kappa shape index (κ1) is 31.9. The summed E-state index contributed by atoms with van der Waals surface area (Å²) in [6.07, 6.45) is 3.95. The van der Waals surface area contributed by atoms with Crippen molar-refractivity contribution in [3.63, 3.8) is 0 Å². The van der Waals surface area contributed by atoms with Gasteiger partial charge in [0.2, 0.25) is 11.4 Å². The van der Waals surface area contributed by atoms with Crippen molar-refractivity contribution in [3.05, 3.63) is 48.7 Å². The van der Waals surface area contributed by atoms with Gasteiger partial charge in [0, 0.05) is 36.8 Å². The number of hydrogen-bond donors (Lipinski definition) is 1. The molecular formula is C25H25N2NaO10S2. The summed E-state index contributed by atoms with van der Waals surface area (Å²) in [4.78, 5) is 14.4. The number of rotatable bonds is 13. The van der Waals surface area contributed by atoms with Crippen LogP contribution in [0.15, 0.2) is 58.0 Å². The van der Waals surface area contributed by atoms with Crippen molar-refractivity contribution in [1.29, 1.82) is 0 Å². The van der Waals surface area contributed by atoms with Crippen LogP contribution in [0.4, 0.5) is 0 Å². The molecule has 0 fully saturated rings. The van der Waals surface area contributed by atoms with E-state index in [2.05, 4.69) is 4.98 Å². The minimum Gasteiger partial charge on any atom is -0.748 e. The van der Waals surface area contributed by atoms with Crippen LogP contribution < -0.4 is 38.9 Å². The fourth-order valence-corrected chi connectivity index (χ4v) is 5.27. The topological polar surface area (TPSA) is 191 Å². The van der Waals surface area contributed by atoms with Crippen molar-refractivity contribution in [3.8, 4) is 17.2 Å². The molecule has 0 aliphatic carbocycles. The van der Waals surface area contributed by atoms with Crippen molar-refractivity contribution in [2.24, 2.45) is 0 Å². The SMILES string of the molecule is O=C(O)CCCCC[n+]1ccc(-c2nc3cc(S(=O)(=O)[O-])c(OCCCS(=O)(=O)[O-])cc3o2)c2ccccc21.[Na+]. The monoisotopic (exact) mass is 600 g/mol. The molecule has 0 aliphatic heterocycles. The maximum Gasteiger partial charge on any atom is 1.00 e. The molecule has 0 atom stereocenters. The Kier molecular flexibility index (Phi) is 10.7. The van der Waals surface area contributed by atoms with Gasteiger partial charge in [0.05, 0.1) is 32.6 Å². The number of aliphatic carboxylic acids is 1. The summed E-state index contributed by atoms with van der Waals surface area (Å²) in [7, 11) is -9.45. The third-order valence-electron chi connectivity index (χ3n) is 5.96. The number of hydrogen-bond acceptors (Lipinski definition) is 10. The second kappa shape index (κ2) is 13.4. The van der Waals surface area contributed by atoms with Gasteiger partial charge in [0.15, 0.2) is 11.8 Å². The van der Waals surface area contributed by atoms with E-state index in [1.54, 1.807) is 6.07 Å². The first-order valence-corrected chi connectivity index (χ1v) is 15.0. The number of pyridine rings is 1. The number of para-hydroxylation sites is 1. The van der Waals surface area contributed by atoms with Gasteiger partial charge < -0.3 is 23.4 Å². The fourth-order valence-electron chi connectivity index (χ4n) is 4.18. The average molecular weight is 601 g/mol. The zero-order chi connectivity index (χ0) is 28.2. The molecular weight excluding hydrogens is 575 g/mol. The molecule has 0 unspecified atom stereocenters. The molecule has 0 bridgehead atoms.